The summed E-state index contributed by atoms with van der Waals surface area (Å²) >= 11 is 0. The molecule has 5 nitrogen and oxygen atoms in total. The smallest absolute Gasteiger partial charge is 0.310 e. The van der Waals surface area contributed by atoms with Gasteiger partial charge in [-0.2, -0.15) is 0 Å². The van der Waals surface area contributed by atoms with Crippen molar-refractivity contribution >= 4 is 16.0 Å². The van der Waals surface area contributed by atoms with E-state index in [0.717, 1.165) is 6.26 Å². The zero-order valence-electron chi connectivity index (χ0n) is 8.36. The third kappa shape index (κ3) is 2.24. The Morgan fingerprint density at radius 1 is 1.50 bits per heavy atom. The molecule has 6 heteroatoms. The fraction of sp³-hybridized carbons (Fsp3) is 0.875. The van der Waals surface area contributed by atoms with Gasteiger partial charge in [-0.15, -0.1) is 0 Å². The van der Waals surface area contributed by atoms with E-state index in [1.807, 2.05) is 0 Å². The molecule has 1 N–H and O–H groups in total. The molecule has 0 unspecified atom stereocenters. The minimum Gasteiger partial charge on any atom is -0.481 e. The zero-order chi connectivity index (χ0) is 11.0. The van der Waals surface area contributed by atoms with Crippen LogP contribution < -0.4 is 0 Å². The van der Waals surface area contributed by atoms with Gasteiger partial charge in [-0.1, -0.05) is 0 Å². The first-order valence-corrected chi connectivity index (χ1v) is 6.29. The topological polar surface area (TPSA) is 74.7 Å². The van der Waals surface area contributed by atoms with Crippen LogP contribution in [0.4, 0.5) is 0 Å². The number of piperidine rings is 1. The molecule has 0 radical (unpaired) electrons. The van der Waals surface area contributed by atoms with Crippen LogP contribution in [0.1, 0.15) is 19.8 Å². The van der Waals surface area contributed by atoms with Gasteiger partial charge in [-0.25, -0.2) is 12.7 Å². The van der Waals surface area contributed by atoms with E-state index >= 15 is 0 Å². The first-order chi connectivity index (χ1) is 6.26. The Morgan fingerprint density at radius 2 is 2.07 bits per heavy atom. The fourth-order valence-electron chi connectivity index (χ4n) is 1.65. The first-order valence-electron chi connectivity index (χ1n) is 4.44. The van der Waals surface area contributed by atoms with Gasteiger partial charge < -0.3 is 5.11 Å². The molecule has 0 saturated carbocycles. The van der Waals surface area contributed by atoms with Crippen molar-refractivity contribution in [3.8, 4) is 0 Å². The second kappa shape index (κ2) is 3.51. The summed E-state index contributed by atoms with van der Waals surface area (Å²) in [6.45, 7) is 2.11. The van der Waals surface area contributed by atoms with Crippen molar-refractivity contribution in [1.29, 1.82) is 0 Å². The van der Waals surface area contributed by atoms with Crippen LogP contribution in [-0.4, -0.2) is 43.1 Å². The monoisotopic (exact) mass is 221 g/mol. The highest BCUT2D eigenvalue weighted by molar-refractivity contribution is 7.88. The maximum absolute atomic E-state index is 11.2. The van der Waals surface area contributed by atoms with Gasteiger partial charge in [0.25, 0.3) is 0 Å². The summed E-state index contributed by atoms with van der Waals surface area (Å²) in [4.78, 5) is 10.9. The number of carboxylic acid groups (broad SMARTS) is 1. The Bertz CT molecular complexity index is 337. The molecule has 82 valence electrons. The summed E-state index contributed by atoms with van der Waals surface area (Å²) in [5.41, 5.74) is -0.929. The van der Waals surface area contributed by atoms with E-state index in [-0.39, 0.29) is 6.54 Å². The van der Waals surface area contributed by atoms with Crippen molar-refractivity contribution in [1.82, 2.24) is 4.31 Å². The van der Waals surface area contributed by atoms with Crippen molar-refractivity contribution in [3.63, 3.8) is 0 Å². The van der Waals surface area contributed by atoms with Crippen molar-refractivity contribution < 1.29 is 18.3 Å². The highest BCUT2D eigenvalue weighted by Gasteiger charge is 2.40. The van der Waals surface area contributed by atoms with Gasteiger partial charge in [0.05, 0.1) is 11.7 Å². The summed E-state index contributed by atoms with van der Waals surface area (Å²) < 4.78 is 23.7. The summed E-state index contributed by atoms with van der Waals surface area (Å²) in [5.74, 6) is -0.925. The van der Waals surface area contributed by atoms with E-state index in [9.17, 15) is 13.2 Å². The molecule has 0 aromatic carbocycles. The molecule has 1 aliphatic heterocycles. The third-order valence-electron chi connectivity index (χ3n) is 2.65. The lowest BCUT2D eigenvalue weighted by atomic mass is 9.83. The number of carboxylic acids is 1. The number of hydrogen-bond donors (Lipinski definition) is 1. The highest BCUT2D eigenvalue weighted by Crippen LogP contribution is 2.30. The minimum absolute atomic E-state index is 0.0845. The normalized spacial score (nSPS) is 30.1. The molecular formula is C8H15NO4S. The predicted octanol–water partition coefficient (Wildman–Crippen LogP) is 0.133. The summed E-state index contributed by atoms with van der Waals surface area (Å²) in [7, 11) is -3.26. The molecule has 1 atom stereocenters. The van der Waals surface area contributed by atoms with E-state index in [1.165, 1.54) is 4.31 Å². The molecule has 0 amide bonds. The van der Waals surface area contributed by atoms with Crippen LogP contribution in [0.5, 0.6) is 0 Å². The first kappa shape index (κ1) is 11.5. The van der Waals surface area contributed by atoms with E-state index in [0.29, 0.717) is 19.4 Å². The van der Waals surface area contributed by atoms with Crippen molar-refractivity contribution in [2.75, 3.05) is 19.3 Å². The van der Waals surface area contributed by atoms with Gasteiger partial charge in [-0.3, -0.25) is 4.79 Å². The maximum atomic E-state index is 11.2. The lowest BCUT2D eigenvalue weighted by molar-refractivity contribution is -0.150. The SMILES string of the molecule is C[C@@]1(C(=O)O)CCCN(S(C)(=O)=O)C1. The molecule has 1 saturated heterocycles. The molecule has 0 bridgehead atoms. The molecule has 0 aromatic rings. The average Bonchev–Trinajstić information content (AvgIpc) is 2.02. The number of carbonyl (C=O) groups is 1. The van der Waals surface area contributed by atoms with Crippen LogP contribution in [0.3, 0.4) is 0 Å². The Kier molecular flexibility index (Phi) is 2.87. The minimum atomic E-state index is -3.26. The highest BCUT2D eigenvalue weighted by atomic mass is 32.2. The van der Waals surface area contributed by atoms with E-state index < -0.39 is 21.4 Å². The summed E-state index contributed by atoms with van der Waals surface area (Å²) in [6, 6.07) is 0. The molecule has 1 heterocycles. The number of sulfonamides is 1. The summed E-state index contributed by atoms with van der Waals surface area (Å²) in [6.07, 6.45) is 2.25. The van der Waals surface area contributed by atoms with Gasteiger partial charge >= 0.3 is 5.97 Å². The zero-order valence-corrected chi connectivity index (χ0v) is 9.17. The van der Waals surface area contributed by atoms with Crippen LogP contribution in [0.15, 0.2) is 0 Å². The Labute approximate surface area is 83.8 Å². The van der Waals surface area contributed by atoms with E-state index in [1.54, 1.807) is 6.92 Å². The third-order valence-corrected chi connectivity index (χ3v) is 3.90. The van der Waals surface area contributed by atoms with Crippen LogP contribution in [0.25, 0.3) is 0 Å². The Hall–Kier alpha value is -0.620. The molecule has 1 rings (SSSR count). The van der Waals surface area contributed by atoms with Crippen molar-refractivity contribution in [3.05, 3.63) is 0 Å². The molecule has 1 aliphatic rings. The molecule has 0 aliphatic carbocycles. The second-order valence-electron chi connectivity index (χ2n) is 4.07. The largest absolute Gasteiger partial charge is 0.481 e. The van der Waals surface area contributed by atoms with Crippen LogP contribution in [0, 0.1) is 5.41 Å². The van der Waals surface area contributed by atoms with E-state index in [2.05, 4.69) is 0 Å². The quantitative estimate of drug-likeness (QED) is 0.719. The van der Waals surface area contributed by atoms with Crippen molar-refractivity contribution in [2.45, 2.75) is 19.8 Å². The second-order valence-corrected chi connectivity index (χ2v) is 6.05. The Morgan fingerprint density at radius 3 is 2.50 bits per heavy atom. The molecule has 0 aromatic heterocycles. The van der Waals surface area contributed by atoms with Gasteiger partial charge in [0.15, 0.2) is 0 Å². The lowest BCUT2D eigenvalue weighted by Crippen LogP contribution is -2.47. The van der Waals surface area contributed by atoms with Crippen LogP contribution in [-0.2, 0) is 14.8 Å². The Balaban J connectivity index is 2.85. The molecule has 1 fully saturated rings. The van der Waals surface area contributed by atoms with Crippen LogP contribution >= 0.6 is 0 Å². The van der Waals surface area contributed by atoms with Gasteiger partial charge in [0, 0.05) is 13.1 Å². The van der Waals surface area contributed by atoms with Gasteiger partial charge in [0.1, 0.15) is 0 Å². The standard InChI is InChI=1S/C8H15NO4S/c1-8(7(10)11)4-3-5-9(6-8)14(2,12)13/h3-6H2,1-2H3,(H,10,11)/t8-/m1/s1. The number of aliphatic carboxylic acids is 1. The lowest BCUT2D eigenvalue weighted by Gasteiger charge is -2.35. The fourth-order valence-corrected chi connectivity index (χ4v) is 2.63. The average molecular weight is 221 g/mol. The summed E-state index contributed by atoms with van der Waals surface area (Å²) in [5, 5.41) is 8.96. The van der Waals surface area contributed by atoms with E-state index in [4.69, 9.17) is 5.11 Å². The van der Waals surface area contributed by atoms with Gasteiger partial charge in [-0.05, 0) is 19.8 Å². The van der Waals surface area contributed by atoms with Crippen LogP contribution in [0.2, 0.25) is 0 Å². The molecular weight excluding hydrogens is 206 g/mol. The number of rotatable bonds is 2. The number of nitrogens with zero attached hydrogens (tertiary/aromatic N) is 1. The predicted molar refractivity (Wildman–Crippen MR) is 51.4 cm³/mol. The van der Waals surface area contributed by atoms with Crippen molar-refractivity contribution in [2.24, 2.45) is 5.41 Å². The number of hydrogen-bond acceptors (Lipinski definition) is 3. The van der Waals surface area contributed by atoms with Gasteiger partial charge in [0.2, 0.25) is 10.0 Å². The molecule has 0 spiro atoms. The molecule has 14 heavy (non-hydrogen) atoms. The maximum Gasteiger partial charge on any atom is 0.310 e.